The molecule has 0 aromatic carbocycles. The molecule has 1 aliphatic heterocycles. The van der Waals surface area contributed by atoms with E-state index in [2.05, 4.69) is 0 Å². The van der Waals surface area contributed by atoms with Crippen molar-refractivity contribution in [2.24, 2.45) is 0 Å². The van der Waals surface area contributed by atoms with Gasteiger partial charge in [-0.15, -0.1) is 0 Å². The van der Waals surface area contributed by atoms with Crippen molar-refractivity contribution in [2.45, 2.75) is 12.8 Å². The van der Waals surface area contributed by atoms with Crippen molar-refractivity contribution in [2.75, 3.05) is 19.0 Å². The van der Waals surface area contributed by atoms with Gasteiger partial charge in [-0.2, -0.15) is 4.31 Å². The van der Waals surface area contributed by atoms with Crippen molar-refractivity contribution in [1.29, 1.82) is 0 Å². The summed E-state index contributed by atoms with van der Waals surface area (Å²) in [5, 5.41) is 10.0. The first-order valence-corrected chi connectivity index (χ1v) is 4.23. The van der Waals surface area contributed by atoms with Gasteiger partial charge >= 0.3 is 0 Å². The third-order valence-corrected chi connectivity index (χ3v) is 2.48. The second-order valence-electron chi connectivity index (χ2n) is 2.22. The molecule has 1 fully saturated rings. The molecule has 1 heterocycles. The molecule has 1 aliphatic rings. The Morgan fingerprint density at radius 2 is 2.40 bits per heavy atom. The number of hydrogen-bond donors (Lipinski definition) is 0. The fourth-order valence-electron chi connectivity index (χ4n) is 0.889. The highest BCUT2D eigenvalue weighted by atomic mass is 32.2. The van der Waals surface area contributed by atoms with Gasteiger partial charge in [0.1, 0.15) is 0 Å². The van der Waals surface area contributed by atoms with E-state index in [1.165, 1.54) is 6.42 Å². The molecule has 0 unspecified atom stereocenters. The van der Waals surface area contributed by atoms with Gasteiger partial charge in [-0.05, 0) is 12.8 Å². The van der Waals surface area contributed by atoms with Crippen molar-refractivity contribution in [3.63, 3.8) is 0 Å². The minimum absolute atomic E-state index is 0.00926. The Morgan fingerprint density at radius 1 is 1.60 bits per heavy atom. The highest BCUT2D eigenvalue weighted by Gasteiger charge is 2.14. The first-order valence-electron chi connectivity index (χ1n) is 3.29. The van der Waals surface area contributed by atoms with Crippen molar-refractivity contribution >= 4 is 11.9 Å². The van der Waals surface area contributed by atoms with Gasteiger partial charge in [0.2, 0.25) is 0 Å². The van der Waals surface area contributed by atoms with Crippen LogP contribution in [0, 0.1) is 10.1 Å². The summed E-state index contributed by atoms with van der Waals surface area (Å²) < 4.78 is 1.81. The molecule has 0 spiro atoms. The average Bonchev–Trinajstić information content (AvgIpc) is 1.88. The maximum Gasteiger partial charge on any atom is 0.268 e. The first kappa shape index (κ1) is 7.81. The van der Waals surface area contributed by atoms with Crippen LogP contribution in [-0.4, -0.2) is 28.2 Å². The molecule has 0 N–H and O–H groups in total. The Morgan fingerprint density at radius 3 is 2.90 bits per heavy atom. The summed E-state index contributed by atoms with van der Waals surface area (Å²) in [6, 6.07) is 0. The van der Waals surface area contributed by atoms with E-state index < -0.39 is 0 Å². The SMILES string of the molecule is O=[N+]([O-])CN1CCCCS1. The third kappa shape index (κ3) is 2.53. The second-order valence-corrected chi connectivity index (χ2v) is 3.40. The molecule has 58 valence electrons. The molecular weight excluding hydrogens is 152 g/mol. The maximum absolute atomic E-state index is 10.0. The smallest absolute Gasteiger partial charge is 0.263 e. The van der Waals surface area contributed by atoms with Crippen LogP contribution in [0.5, 0.6) is 0 Å². The van der Waals surface area contributed by atoms with E-state index in [1.807, 2.05) is 4.31 Å². The van der Waals surface area contributed by atoms with E-state index in [1.54, 1.807) is 11.9 Å². The van der Waals surface area contributed by atoms with Gasteiger partial charge in [0.25, 0.3) is 6.67 Å². The molecule has 0 atom stereocenters. The van der Waals surface area contributed by atoms with Crippen LogP contribution in [0.15, 0.2) is 0 Å². The normalized spacial score (nSPS) is 20.8. The Labute approximate surface area is 63.9 Å². The standard InChI is InChI=1S/C5H10N2O2S/c8-7(9)5-6-3-1-2-4-10-6/h1-5H2. The third-order valence-electron chi connectivity index (χ3n) is 1.35. The van der Waals surface area contributed by atoms with Gasteiger partial charge in [-0.1, -0.05) is 11.9 Å². The molecular formula is C5H10N2O2S. The van der Waals surface area contributed by atoms with Gasteiger partial charge in [0, 0.05) is 17.2 Å². The lowest BCUT2D eigenvalue weighted by Crippen LogP contribution is -2.27. The largest absolute Gasteiger partial charge is 0.268 e. The molecule has 0 amide bonds. The predicted octanol–water partition coefficient (Wildman–Crippen LogP) is 0.965. The summed E-state index contributed by atoms with van der Waals surface area (Å²) in [5.74, 6) is 1.04. The fraction of sp³-hybridized carbons (Fsp3) is 1.00. The van der Waals surface area contributed by atoms with E-state index >= 15 is 0 Å². The van der Waals surface area contributed by atoms with Crippen LogP contribution in [0.3, 0.4) is 0 Å². The van der Waals surface area contributed by atoms with Crippen molar-refractivity contribution < 1.29 is 4.92 Å². The predicted molar refractivity (Wildman–Crippen MR) is 40.3 cm³/mol. The topological polar surface area (TPSA) is 46.4 Å². The summed E-state index contributed by atoms with van der Waals surface area (Å²) in [4.78, 5) is 9.74. The van der Waals surface area contributed by atoms with Crippen LogP contribution in [-0.2, 0) is 0 Å². The zero-order valence-electron chi connectivity index (χ0n) is 5.65. The zero-order valence-corrected chi connectivity index (χ0v) is 6.47. The first-order chi connectivity index (χ1) is 4.79. The van der Waals surface area contributed by atoms with Crippen LogP contribution in [0.4, 0.5) is 0 Å². The van der Waals surface area contributed by atoms with Crippen molar-refractivity contribution in [1.82, 2.24) is 4.31 Å². The molecule has 0 bridgehead atoms. The van der Waals surface area contributed by atoms with Crippen LogP contribution < -0.4 is 0 Å². The molecule has 0 aromatic rings. The fourth-order valence-corrected chi connectivity index (χ4v) is 1.91. The van der Waals surface area contributed by atoms with Gasteiger partial charge in [-0.25, -0.2) is 0 Å². The van der Waals surface area contributed by atoms with Crippen LogP contribution in [0.1, 0.15) is 12.8 Å². The maximum atomic E-state index is 10.0. The lowest BCUT2D eigenvalue weighted by Gasteiger charge is -2.20. The monoisotopic (exact) mass is 162 g/mol. The molecule has 1 saturated heterocycles. The highest BCUT2D eigenvalue weighted by Crippen LogP contribution is 2.18. The van der Waals surface area contributed by atoms with Gasteiger partial charge < -0.3 is 0 Å². The summed E-state index contributed by atoms with van der Waals surface area (Å²) in [6.45, 7) is 0.857. The molecule has 1 rings (SSSR count). The summed E-state index contributed by atoms with van der Waals surface area (Å²) >= 11 is 1.58. The highest BCUT2D eigenvalue weighted by molar-refractivity contribution is 7.97. The van der Waals surface area contributed by atoms with E-state index in [4.69, 9.17) is 0 Å². The number of hydrogen-bond acceptors (Lipinski definition) is 4. The number of rotatable bonds is 2. The van der Waals surface area contributed by atoms with E-state index in [0.717, 1.165) is 18.7 Å². The molecule has 0 aromatic heterocycles. The average molecular weight is 162 g/mol. The number of nitro groups is 1. The molecule has 0 radical (unpaired) electrons. The minimum atomic E-state index is -0.279. The summed E-state index contributed by atoms with van der Waals surface area (Å²) in [5.41, 5.74) is 0. The summed E-state index contributed by atoms with van der Waals surface area (Å²) in [6.07, 6.45) is 2.29. The molecule has 4 nitrogen and oxygen atoms in total. The molecule has 10 heavy (non-hydrogen) atoms. The Hall–Kier alpha value is -0.290. The van der Waals surface area contributed by atoms with Crippen molar-refractivity contribution in [3.8, 4) is 0 Å². The molecule has 5 heteroatoms. The lowest BCUT2D eigenvalue weighted by atomic mass is 10.3. The minimum Gasteiger partial charge on any atom is -0.263 e. The summed E-state index contributed by atoms with van der Waals surface area (Å²) in [7, 11) is 0. The molecule has 0 aliphatic carbocycles. The van der Waals surface area contributed by atoms with Gasteiger partial charge in [-0.3, -0.25) is 10.1 Å². The Kier molecular flexibility index (Phi) is 2.95. The number of nitrogens with zero attached hydrogens (tertiary/aromatic N) is 2. The van der Waals surface area contributed by atoms with Crippen LogP contribution in [0.25, 0.3) is 0 Å². The van der Waals surface area contributed by atoms with E-state index in [9.17, 15) is 10.1 Å². The Bertz CT molecular complexity index is 125. The lowest BCUT2D eigenvalue weighted by molar-refractivity contribution is -0.496. The second kappa shape index (κ2) is 3.78. The quantitative estimate of drug-likeness (QED) is 0.345. The van der Waals surface area contributed by atoms with E-state index in [-0.39, 0.29) is 11.6 Å². The van der Waals surface area contributed by atoms with E-state index in [0.29, 0.717) is 0 Å². The van der Waals surface area contributed by atoms with Crippen LogP contribution >= 0.6 is 11.9 Å². The molecule has 0 saturated carbocycles. The van der Waals surface area contributed by atoms with Gasteiger partial charge in [0.05, 0.1) is 0 Å². The van der Waals surface area contributed by atoms with Crippen molar-refractivity contribution in [3.05, 3.63) is 10.1 Å². The van der Waals surface area contributed by atoms with Crippen LogP contribution in [0.2, 0.25) is 0 Å². The zero-order chi connectivity index (χ0) is 7.40. The van der Waals surface area contributed by atoms with Gasteiger partial charge in [0.15, 0.2) is 0 Å². The Balaban J connectivity index is 2.19.